The number of carbonyl (C=O) groups excluding carboxylic acids is 2. The van der Waals surface area contributed by atoms with E-state index in [4.69, 9.17) is 20.5 Å². The van der Waals surface area contributed by atoms with Crippen molar-refractivity contribution in [3.05, 3.63) is 96.7 Å². The topological polar surface area (TPSA) is 213 Å². The van der Waals surface area contributed by atoms with Gasteiger partial charge in [0.1, 0.15) is 22.4 Å². The number of carbonyl (C=O) groups is 2. The second-order valence-corrected chi connectivity index (χ2v) is 14.3. The molecule has 7 atom stereocenters. The molecule has 49 heavy (non-hydrogen) atoms. The summed E-state index contributed by atoms with van der Waals surface area (Å²) < 4.78 is 8.36. The number of alkyl carbamates (subject to hydrolysis) is 1. The van der Waals surface area contributed by atoms with E-state index in [2.05, 4.69) is 42.5 Å². The molecule has 6 N–H and O–H groups in total. The summed E-state index contributed by atoms with van der Waals surface area (Å²) in [5.74, 6) is -1.79. The van der Waals surface area contributed by atoms with E-state index in [1.54, 1.807) is 39.8 Å². The van der Waals surface area contributed by atoms with Crippen molar-refractivity contribution in [3.63, 3.8) is 0 Å². The lowest BCUT2D eigenvalue weighted by Gasteiger charge is -2.50. The summed E-state index contributed by atoms with van der Waals surface area (Å²) in [5.41, 5.74) is 4.56. The van der Waals surface area contributed by atoms with Crippen LogP contribution in [0.5, 0.6) is 0 Å². The number of rotatable bonds is 5. The van der Waals surface area contributed by atoms with Crippen LogP contribution in [0.4, 0.5) is 10.5 Å². The van der Waals surface area contributed by atoms with Gasteiger partial charge < -0.3 is 40.4 Å². The maximum Gasteiger partial charge on any atom is 0.414 e. The first-order valence-electron chi connectivity index (χ1n) is 15.4. The van der Waals surface area contributed by atoms with Gasteiger partial charge in [0.05, 0.1) is 22.0 Å². The smallest absolute Gasteiger partial charge is 0.414 e. The zero-order valence-corrected chi connectivity index (χ0v) is 28.6. The third kappa shape index (κ3) is 4.53. The normalized spacial score (nSPS) is 30.7. The molecule has 1 unspecified atom stereocenters. The quantitative estimate of drug-likeness (QED) is 0.188. The molecule has 1 saturated heterocycles. The van der Waals surface area contributed by atoms with Gasteiger partial charge in [0.2, 0.25) is 5.96 Å². The molecule has 0 radical (unpaired) electrons. The molecule has 0 bridgehead atoms. The van der Waals surface area contributed by atoms with Crippen LogP contribution in [-0.2, 0) is 17.9 Å². The summed E-state index contributed by atoms with van der Waals surface area (Å²) in [6.45, 7) is -0.169. The Bertz CT molecular complexity index is 1970. The summed E-state index contributed by atoms with van der Waals surface area (Å²) in [4.78, 5) is 51.4. The molecule has 1 aromatic heterocycles. The minimum absolute atomic E-state index is 0.0484. The number of fused-ring (bicyclic) bond motifs is 4. The highest BCUT2D eigenvalue weighted by Crippen LogP contribution is 2.63. The number of nitro benzene ring substituents is 1. The zero-order valence-electron chi connectivity index (χ0n) is 25.4. The van der Waals surface area contributed by atoms with Crippen molar-refractivity contribution in [1.29, 1.82) is 0 Å². The Labute approximate surface area is 295 Å². The van der Waals surface area contributed by atoms with E-state index >= 15 is 0 Å². The lowest BCUT2D eigenvalue weighted by Crippen LogP contribution is -2.70. The monoisotopic (exact) mass is 797 g/mol. The van der Waals surface area contributed by atoms with Crippen molar-refractivity contribution in [1.82, 2.24) is 25.0 Å². The maximum absolute atomic E-state index is 14.1. The van der Waals surface area contributed by atoms with E-state index < -0.39 is 52.6 Å². The van der Waals surface area contributed by atoms with Gasteiger partial charge >= 0.3 is 6.09 Å². The highest BCUT2D eigenvalue weighted by molar-refractivity contribution is 9.13. The lowest BCUT2D eigenvalue weighted by atomic mass is 9.74. The van der Waals surface area contributed by atoms with Crippen molar-refractivity contribution in [2.24, 2.45) is 27.6 Å². The van der Waals surface area contributed by atoms with Crippen LogP contribution in [0, 0.1) is 22.0 Å². The predicted octanol–water partition coefficient (Wildman–Crippen LogP) is 2.36. The van der Waals surface area contributed by atoms with E-state index in [9.17, 15) is 29.9 Å². The average molecular weight is 799 g/mol. The van der Waals surface area contributed by atoms with Gasteiger partial charge in [-0.1, -0.05) is 48.5 Å². The number of guanidine groups is 2. The summed E-state index contributed by atoms with van der Waals surface area (Å²) >= 11 is 7.07. The van der Waals surface area contributed by atoms with Crippen LogP contribution < -0.4 is 16.4 Å². The molecule has 3 aromatic rings. The fourth-order valence-electron chi connectivity index (χ4n) is 8.37. The van der Waals surface area contributed by atoms with Crippen LogP contribution in [0.15, 0.2) is 79.7 Å². The molecule has 2 spiro atoms. The molecule has 18 heteroatoms. The zero-order chi connectivity index (χ0) is 34.4. The molecule has 5 aliphatic rings. The number of benzene rings is 2. The SMILES string of the molecule is NC1=N[C@@H]2n3c(cc(Br)c3Br)C(=O)N3C[C@@H]4[C@H](O)C[C@]5(N=C(NC(=O)OCc6ccccc6)N(Cc6ccccc6[N+](=O)[O-])C5O)[C@@H]4[C@@]23N1. The second kappa shape index (κ2) is 11.3. The fourth-order valence-corrected chi connectivity index (χ4v) is 9.28. The van der Waals surface area contributed by atoms with Crippen molar-refractivity contribution in [3.8, 4) is 0 Å². The van der Waals surface area contributed by atoms with E-state index in [0.29, 0.717) is 14.8 Å². The Morgan fingerprint density at radius 3 is 2.67 bits per heavy atom. The van der Waals surface area contributed by atoms with Gasteiger partial charge in [0.25, 0.3) is 11.6 Å². The molecule has 2 fully saturated rings. The number of nitrogens with zero attached hydrogens (tertiary/aromatic N) is 6. The van der Waals surface area contributed by atoms with Gasteiger partial charge in [-0.15, -0.1) is 0 Å². The van der Waals surface area contributed by atoms with Crippen LogP contribution in [0.25, 0.3) is 0 Å². The Morgan fingerprint density at radius 2 is 1.92 bits per heavy atom. The van der Waals surface area contributed by atoms with Crippen molar-refractivity contribution in [2.45, 2.75) is 49.3 Å². The van der Waals surface area contributed by atoms with E-state index in [1.165, 1.54) is 17.0 Å². The van der Waals surface area contributed by atoms with E-state index in [-0.39, 0.29) is 55.2 Å². The molecule has 4 aliphatic heterocycles. The number of amides is 2. The molecular formula is C31H29Br2N9O7. The van der Waals surface area contributed by atoms with Crippen LogP contribution in [0.3, 0.4) is 0 Å². The average Bonchev–Trinajstić information content (AvgIpc) is 3.83. The number of nitrogens with two attached hydrogens (primary N) is 1. The van der Waals surface area contributed by atoms with Crippen LogP contribution in [0.2, 0.25) is 0 Å². The second-order valence-electron chi connectivity index (χ2n) is 12.7. The Hall–Kier alpha value is -4.52. The molecule has 8 rings (SSSR count). The number of nitro groups is 1. The largest absolute Gasteiger partial charge is 0.444 e. The molecular weight excluding hydrogens is 770 g/mol. The Morgan fingerprint density at radius 1 is 1.18 bits per heavy atom. The molecule has 2 aromatic carbocycles. The van der Waals surface area contributed by atoms with Gasteiger partial charge in [0.15, 0.2) is 24.0 Å². The fraction of sp³-hybridized carbons (Fsp3) is 0.355. The van der Waals surface area contributed by atoms with Gasteiger partial charge in [-0.3, -0.25) is 20.2 Å². The summed E-state index contributed by atoms with van der Waals surface area (Å²) in [7, 11) is 0. The van der Waals surface area contributed by atoms with Gasteiger partial charge in [-0.05, 0) is 43.5 Å². The molecule has 5 heterocycles. The Kier molecular flexibility index (Phi) is 7.29. The maximum atomic E-state index is 14.1. The number of aliphatic imine (C=N–C) groups is 2. The number of aliphatic hydroxyl groups is 2. The number of ether oxygens (including phenoxy) is 1. The molecule has 16 nitrogen and oxygen atoms in total. The first kappa shape index (κ1) is 31.7. The van der Waals surface area contributed by atoms with Crippen molar-refractivity contribution < 1.29 is 29.5 Å². The first-order valence-corrected chi connectivity index (χ1v) is 17.0. The highest BCUT2D eigenvalue weighted by Gasteiger charge is 2.77. The van der Waals surface area contributed by atoms with Gasteiger partial charge in [-0.25, -0.2) is 14.8 Å². The van der Waals surface area contributed by atoms with E-state index in [0.717, 1.165) is 5.56 Å². The Balaban J connectivity index is 1.22. The molecule has 1 saturated carbocycles. The predicted molar refractivity (Wildman–Crippen MR) is 180 cm³/mol. The number of aromatic nitrogens is 1. The number of hydrogen-bond acceptors (Lipinski definition) is 12. The third-order valence-corrected chi connectivity index (χ3v) is 12.2. The van der Waals surface area contributed by atoms with Crippen LogP contribution in [-0.4, -0.2) is 83.5 Å². The number of halogens is 2. The number of nitrogens with one attached hydrogen (secondary N) is 2. The number of aliphatic hydroxyl groups excluding tert-OH is 2. The molecule has 254 valence electrons. The first-order chi connectivity index (χ1) is 23.5. The standard InChI is InChI=1S/C31H29Br2N9O7/c32-18-10-20-24(44)40-13-17-21(43)11-30(22(17)31(40)25(35-27(34)37-31)41(20)23(18)33)26(45)39(12-16-8-4-5-9-19(16)42(47)48)28(38-30)36-29(46)49-14-15-6-2-1-3-7-15/h1-10,17,21-22,25-26,43,45H,11-14H2,(H3,34,35,37)(H,36,38,46)/t17-,21-,22-,25-,26?,30+,31+/m1/s1. The van der Waals surface area contributed by atoms with Gasteiger partial charge in [0, 0.05) is 36.4 Å². The van der Waals surface area contributed by atoms with Crippen LogP contribution >= 0.6 is 31.9 Å². The van der Waals surface area contributed by atoms with Crippen LogP contribution in [0.1, 0.15) is 34.2 Å². The third-order valence-electron chi connectivity index (χ3n) is 10.2. The minimum atomic E-state index is -1.55. The summed E-state index contributed by atoms with van der Waals surface area (Å²) in [6.07, 6.45) is -4.31. The lowest BCUT2D eigenvalue weighted by molar-refractivity contribution is -0.385. The van der Waals surface area contributed by atoms with Crippen molar-refractivity contribution in [2.75, 3.05) is 6.54 Å². The van der Waals surface area contributed by atoms with E-state index in [1.807, 2.05) is 18.2 Å². The number of para-hydroxylation sites is 1. The van der Waals surface area contributed by atoms with Crippen molar-refractivity contribution >= 4 is 61.5 Å². The number of hydrogen-bond donors (Lipinski definition) is 5. The minimum Gasteiger partial charge on any atom is -0.444 e. The molecule has 1 aliphatic carbocycles. The summed E-state index contributed by atoms with van der Waals surface area (Å²) in [6, 6.07) is 16.8. The summed E-state index contributed by atoms with van der Waals surface area (Å²) in [5, 5.41) is 41.9. The molecule has 2 amide bonds. The highest BCUT2D eigenvalue weighted by atomic mass is 79.9. The van der Waals surface area contributed by atoms with Gasteiger partial charge in [-0.2, -0.15) is 0 Å².